The first kappa shape index (κ1) is 17.2. The van der Waals surface area contributed by atoms with E-state index in [1.165, 1.54) is 5.56 Å². The van der Waals surface area contributed by atoms with Crippen molar-refractivity contribution in [1.29, 1.82) is 0 Å². The molecule has 0 fully saturated rings. The van der Waals surface area contributed by atoms with Gasteiger partial charge in [0.1, 0.15) is 0 Å². The average molecular weight is 297 g/mol. The van der Waals surface area contributed by atoms with E-state index in [0.717, 1.165) is 23.6 Å². The van der Waals surface area contributed by atoms with Gasteiger partial charge in [0, 0.05) is 23.7 Å². The van der Waals surface area contributed by atoms with E-state index in [0.29, 0.717) is 19.8 Å². The van der Waals surface area contributed by atoms with E-state index in [-0.39, 0.29) is 5.54 Å². The lowest BCUT2D eigenvalue weighted by Gasteiger charge is -2.30. The van der Waals surface area contributed by atoms with Crippen molar-refractivity contribution in [3.63, 3.8) is 0 Å². The van der Waals surface area contributed by atoms with Crippen LogP contribution < -0.4 is 11.1 Å². The number of hydrogen-bond donors (Lipinski definition) is 2. The minimum atomic E-state index is -0.138. The standard InChI is InChI=1S/C16H25ClN2O/c1-13(2)11-20-9-8-19-16(3,12-18)10-14-4-6-15(17)7-5-14/h4-7,19H,1,8-12,18H2,2-3H3. The molecule has 0 aromatic heterocycles. The Kier molecular flexibility index (Phi) is 7.24. The fraction of sp³-hybridized carbons (Fsp3) is 0.500. The molecule has 4 heteroatoms. The molecule has 0 saturated carbocycles. The maximum atomic E-state index is 5.90. The molecular weight excluding hydrogens is 272 g/mol. The molecule has 1 rings (SSSR count). The highest BCUT2D eigenvalue weighted by Crippen LogP contribution is 2.15. The Bertz CT molecular complexity index is 419. The van der Waals surface area contributed by atoms with Crippen LogP contribution in [0.4, 0.5) is 0 Å². The largest absolute Gasteiger partial charge is 0.376 e. The molecule has 0 aliphatic rings. The highest BCUT2D eigenvalue weighted by molar-refractivity contribution is 6.30. The van der Waals surface area contributed by atoms with Crippen molar-refractivity contribution in [2.45, 2.75) is 25.8 Å². The van der Waals surface area contributed by atoms with Crippen LogP contribution in [0.3, 0.4) is 0 Å². The molecule has 20 heavy (non-hydrogen) atoms. The molecule has 1 atom stereocenters. The van der Waals surface area contributed by atoms with Crippen molar-refractivity contribution in [3.8, 4) is 0 Å². The third kappa shape index (κ3) is 6.53. The first-order valence-electron chi connectivity index (χ1n) is 6.87. The Morgan fingerprint density at radius 2 is 2.05 bits per heavy atom. The molecule has 0 amide bonds. The van der Waals surface area contributed by atoms with E-state index in [9.17, 15) is 0 Å². The number of halogens is 1. The summed E-state index contributed by atoms with van der Waals surface area (Å²) in [6.45, 7) is 10.5. The Labute approximate surface area is 127 Å². The molecule has 112 valence electrons. The molecule has 0 radical (unpaired) electrons. The Hall–Kier alpha value is -0.870. The van der Waals surface area contributed by atoms with Gasteiger partial charge in [-0.1, -0.05) is 35.9 Å². The summed E-state index contributed by atoms with van der Waals surface area (Å²) in [5.74, 6) is 0. The lowest BCUT2D eigenvalue weighted by Crippen LogP contribution is -2.51. The number of nitrogens with one attached hydrogen (secondary N) is 1. The third-order valence-corrected chi connectivity index (χ3v) is 3.36. The molecule has 3 N–H and O–H groups in total. The topological polar surface area (TPSA) is 47.3 Å². The van der Waals surface area contributed by atoms with Crippen molar-refractivity contribution >= 4 is 11.6 Å². The van der Waals surface area contributed by atoms with Crippen molar-refractivity contribution in [1.82, 2.24) is 5.32 Å². The predicted molar refractivity (Wildman–Crippen MR) is 86.3 cm³/mol. The van der Waals surface area contributed by atoms with Crippen LogP contribution in [0, 0.1) is 0 Å². The second kappa shape index (κ2) is 8.42. The number of ether oxygens (including phenoxy) is 1. The zero-order chi connectivity index (χ0) is 15.0. The third-order valence-electron chi connectivity index (χ3n) is 3.10. The zero-order valence-electron chi connectivity index (χ0n) is 12.4. The maximum absolute atomic E-state index is 5.90. The summed E-state index contributed by atoms with van der Waals surface area (Å²) in [4.78, 5) is 0. The van der Waals surface area contributed by atoms with E-state index >= 15 is 0 Å². The summed E-state index contributed by atoms with van der Waals surface area (Å²) in [6.07, 6.45) is 0.862. The van der Waals surface area contributed by atoms with Crippen molar-refractivity contribution in [2.75, 3.05) is 26.3 Å². The maximum Gasteiger partial charge on any atom is 0.0672 e. The van der Waals surface area contributed by atoms with Crippen LogP contribution in [0.2, 0.25) is 5.02 Å². The van der Waals surface area contributed by atoms with Crippen LogP contribution in [0.5, 0.6) is 0 Å². The summed E-state index contributed by atoms with van der Waals surface area (Å²) >= 11 is 5.90. The van der Waals surface area contributed by atoms with Gasteiger partial charge in [-0.25, -0.2) is 0 Å². The van der Waals surface area contributed by atoms with Gasteiger partial charge >= 0.3 is 0 Å². The second-order valence-electron chi connectivity index (χ2n) is 5.50. The summed E-state index contributed by atoms with van der Waals surface area (Å²) in [7, 11) is 0. The van der Waals surface area contributed by atoms with E-state index in [2.05, 4.69) is 18.8 Å². The lowest BCUT2D eigenvalue weighted by atomic mass is 9.93. The molecule has 0 aliphatic heterocycles. The quantitative estimate of drug-likeness (QED) is 0.544. The van der Waals surface area contributed by atoms with E-state index in [1.807, 2.05) is 31.2 Å². The van der Waals surface area contributed by atoms with Gasteiger partial charge in [-0.3, -0.25) is 0 Å². The molecule has 3 nitrogen and oxygen atoms in total. The van der Waals surface area contributed by atoms with Gasteiger partial charge in [0.15, 0.2) is 0 Å². The Morgan fingerprint density at radius 1 is 1.40 bits per heavy atom. The van der Waals surface area contributed by atoms with Gasteiger partial charge < -0.3 is 15.8 Å². The van der Waals surface area contributed by atoms with Gasteiger partial charge in [0.2, 0.25) is 0 Å². The first-order chi connectivity index (χ1) is 9.45. The molecule has 1 unspecified atom stereocenters. The van der Waals surface area contributed by atoms with Crippen LogP contribution in [-0.2, 0) is 11.2 Å². The number of nitrogens with two attached hydrogens (primary N) is 1. The summed E-state index contributed by atoms with van der Waals surface area (Å²) in [6, 6.07) is 7.89. The molecule has 1 aromatic carbocycles. The second-order valence-corrected chi connectivity index (χ2v) is 5.94. The fourth-order valence-corrected chi connectivity index (χ4v) is 2.06. The molecule has 0 spiro atoms. The van der Waals surface area contributed by atoms with Crippen LogP contribution in [0.1, 0.15) is 19.4 Å². The minimum absolute atomic E-state index is 0.138. The highest BCUT2D eigenvalue weighted by atomic mass is 35.5. The van der Waals surface area contributed by atoms with E-state index in [1.54, 1.807) is 0 Å². The van der Waals surface area contributed by atoms with Crippen molar-refractivity contribution in [2.24, 2.45) is 5.73 Å². The zero-order valence-corrected chi connectivity index (χ0v) is 13.2. The lowest BCUT2D eigenvalue weighted by molar-refractivity contribution is 0.149. The van der Waals surface area contributed by atoms with Crippen molar-refractivity contribution < 1.29 is 4.74 Å². The summed E-state index contributed by atoms with van der Waals surface area (Å²) < 4.78 is 5.48. The Morgan fingerprint density at radius 3 is 2.60 bits per heavy atom. The average Bonchev–Trinajstić information content (AvgIpc) is 2.41. The summed E-state index contributed by atoms with van der Waals surface area (Å²) in [5, 5.41) is 4.22. The Balaban J connectivity index is 2.41. The molecular formula is C16H25ClN2O. The first-order valence-corrected chi connectivity index (χ1v) is 7.25. The smallest absolute Gasteiger partial charge is 0.0672 e. The minimum Gasteiger partial charge on any atom is -0.376 e. The van der Waals surface area contributed by atoms with Gasteiger partial charge in [0.25, 0.3) is 0 Å². The normalized spacial score (nSPS) is 14.0. The van der Waals surface area contributed by atoms with Gasteiger partial charge in [-0.05, 0) is 38.0 Å². The molecule has 1 aromatic rings. The van der Waals surface area contributed by atoms with E-state index in [4.69, 9.17) is 22.1 Å². The molecule has 0 aliphatic carbocycles. The van der Waals surface area contributed by atoms with Crippen molar-refractivity contribution in [3.05, 3.63) is 47.0 Å². The SMILES string of the molecule is C=C(C)COCCNC(C)(CN)Cc1ccc(Cl)cc1. The van der Waals surface area contributed by atoms with Gasteiger partial charge in [-0.2, -0.15) is 0 Å². The number of hydrogen-bond acceptors (Lipinski definition) is 3. The molecule has 0 bridgehead atoms. The predicted octanol–water partition coefficient (Wildman–Crippen LogP) is 2.78. The van der Waals surface area contributed by atoms with Gasteiger partial charge in [0.05, 0.1) is 13.2 Å². The van der Waals surface area contributed by atoms with Gasteiger partial charge in [-0.15, -0.1) is 0 Å². The van der Waals surface area contributed by atoms with Crippen LogP contribution in [0.15, 0.2) is 36.4 Å². The van der Waals surface area contributed by atoms with Crippen LogP contribution >= 0.6 is 11.6 Å². The van der Waals surface area contributed by atoms with Crippen LogP contribution in [-0.4, -0.2) is 31.8 Å². The highest BCUT2D eigenvalue weighted by Gasteiger charge is 2.21. The van der Waals surface area contributed by atoms with E-state index < -0.39 is 0 Å². The summed E-state index contributed by atoms with van der Waals surface area (Å²) in [5.41, 5.74) is 8.02. The molecule has 0 saturated heterocycles. The number of rotatable bonds is 9. The van der Waals surface area contributed by atoms with Crippen LogP contribution in [0.25, 0.3) is 0 Å². The number of benzene rings is 1. The molecule has 0 heterocycles. The fourth-order valence-electron chi connectivity index (χ4n) is 1.93. The monoisotopic (exact) mass is 296 g/mol.